The van der Waals surface area contributed by atoms with Gasteiger partial charge in [0.05, 0.1) is 12.1 Å². The van der Waals surface area contributed by atoms with Crippen LogP contribution in [0.5, 0.6) is 0 Å². The van der Waals surface area contributed by atoms with Crippen molar-refractivity contribution in [2.75, 3.05) is 13.1 Å². The van der Waals surface area contributed by atoms with E-state index in [0.717, 1.165) is 19.5 Å². The molecule has 5 heteroatoms. The van der Waals surface area contributed by atoms with Gasteiger partial charge in [-0.3, -0.25) is 9.69 Å². The third kappa shape index (κ3) is 5.04. The number of likely N-dealkylation sites (tertiary alicyclic amines) is 1. The number of aryl methyl sites for hydroxylation is 2. The lowest BCUT2D eigenvalue weighted by atomic mass is 9.79. The van der Waals surface area contributed by atoms with Crippen LogP contribution in [0.25, 0.3) is 0 Å². The SMILES string of the molecule is CC(NC(=O)C(C)N1CCC(N)C(C)(C)C1)c1ccc2c(c1)CCCC2.Cl. The molecule has 0 aromatic heterocycles. The number of carbonyl (C=O) groups is 1. The number of amides is 1. The van der Waals surface area contributed by atoms with Crippen molar-refractivity contribution in [2.24, 2.45) is 11.1 Å². The maximum atomic E-state index is 12.8. The number of nitrogens with one attached hydrogen (secondary N) is 1. The Bertz CT molecular complexity index is 661. The Kier molecular flexibility index (Phi) is 7.34. The summed E-state index contributed by atoms with van der Waals surface area (Å²) in [6, 6.07) is 6.86. The fraction of sp³-hybridized carbons (Fsp3) is 0.682. The number of hydrogen-bond acceptors (Lipinski definition) is 3. The molecule has 3 atom stereocenters. The minimum atomic E-state index is -0.123. The van der Waals surface area contributed by atoms with Gasteiger partial charge < -0.3 is 11.1 Å². The van der Waals surface area contributed by atoms with Gasteiger partial charge in [-0.1, -0.05) is 32.0 Å². The summed E-state index contributed by atoms with van der Waals surface area (Å²) in [5.41, 5.74) is 10.5. The van der Waals surface area contributed by atoms with Crippen LogP contribution >= 0.6 is 12.4 Å². The van der Waals surface area contributed by atoms with Crippen LogP contribution < -0.4 is 11.1 Å². The third-order valence-corrected chi connectivity index (χ3v) is 6.50. The molecule has 0 radical (unpaired) electrons. The summed E-state index contributed by atoms with van der Waals surface area (Å²) < 4.78 is 0. The molecular formula is C22H36ClN3O. The predicted octanol–water partition coefficient (Wildman–Crippen LogP) is 3.61. The highest BCUT2D eigenvalue weighted by Crippen LogP contribution is 2.29. The molecule has 1 saturated heterocycles. The first kappa shape index (κ1) is 22.2. The van der Waals surface area contributed by atoms with E-state index in [4.69, 9.17) is 5.73 Å². The number of nitrogens with zero attached hydrogens (tertiary/aromatic N) is 1. The summed E-state index contributed by atoms with van der Waals surface area (Å²) >= 11 is 0. The second-order valence-electron chi connectivity index (χ2n) is 9.00. The molecule has 1 aromatic rings. The van der Waals surface area contributed by atoms with Crippen molar-refractivity contribution in [1.82, 2.24) is 10.2 Å². The average molecular weight is 394 g/mol. The van der Waals surface area contributed by atoms with Crippen LogP contribution in [0.15, 0.2) is 18.2 Å². The topological polar surface area (TPSA) is 58.4 Å². The van der Waals surface area contributed by atoms with E-state index < -0.39 is 0 Å². The van der Waals surface area contributed by atoms with E-state index in [9.17, 15) is 4.79 Å². The van der Waals surface area contributed by atoms with Gasteiger partial charge in [-0.15, -0.1) is 12.4 Å². The van der Waals surface area contributed by atoms with Crippen molar-refractivity contribution in [2.45, 2.75) is 77.9 Å². The highest BCUT2D eigenvalue weighted by Gasteiger charge is 2.36. The zero-order valence-corrected chi connectivity index (χ0v) is 18.1. The summed E-state index contributed by atoms with van der Waals surface area (Å²) in [4.78, 5) is 15.1. The van der Waals surface area contributed by atoms with Gasteiger partial charge >= 0.3 is 0 Å². The molecule has 152 valence electrons. The van der Waals surface area contributed by atoms with Crippen LogP contribution in [0.3, 0.4) is 0 Å². The maximum absolute atomic E-state index is 12.8. The Labute approximate surface area is 170 Å². The molecule has 0 bridgehead atoms. The molecule has 0 spiro atoms. The number of hydrogen-bond donors (Lipinski definition) is 2. The third-order valence-electron chi connectivity index (χ3n) is 6.50. The van der Waals surface area contributed by atoms with Crippen LogP contribution in [0.1, 0.15) is 69.7 Å². The van der Waals surface area contributed by atoms with E-state index in [1.54, 1.807) is 0 Å². The van der Waals surface area contributed by atoms with Gasteiger partial charge in [0, 0.05) is 19.1 Å². The lowest BCUT2D eigenvalue weighted by Gasteiger charge is -2.44. The van der Waals surface area contributed by atoms with Gasteiger partial charge in [-0.2, -0.15) is 0 Å². The summed E-state index contributed by atoms with van der Waals surface area (Å²) in [6.45, 7) is 10.3. The standard InChI is InChI=1S/C22H35N3O.ClH/c1-15(18-10-9-17-7-5-6-8-19(17)13-18)24-21(26)16(2)25-12-11-20(23)22(3,4)14-25;/h9-10,13,15-16,20H,5-8,11-12,14,23H2,1-4H3,(H,24,26);1H. The minimum absolute atomic E-state index is 0. The Balaban J connectivity index is 0.00000261. The quantitative estimate of drug-likeness (QED) is 0.821. The molecule has 3 rings (SSSR count). The highest BCUT2D eigenvalue weighted by molar-refractivity contribution is 5.85. The summed E-state index contributed by atoms with van der Waals surface area (Å²) in [5, 5.41) is 3.23. The Morgan fingerprint density at radius 1 is 1.22 bits per heavy atom. The van der Waals surface area contributed by atoms with E-state index in [1.165, 1.54) is 42.4 Å². The number of benzene rings is 1. The molecule has 1 aliphatic carbocycles. The van der Waals surface area contributed by atoms with Crippen molar-refractivity contribution in [3.8, 4) is 0 Å². The van der Waals surface area contributed by atoms with Crippen molar-refractivity contribution in [3.05, 3.63) is 34.9 Å². The molecule has 0 saturated carbocycles. The zero-order chi connectivity index (χ0) is 18.9. The molecule has 1 amide bonds. The number of carbonyl (C=O) groups excluding carboxylic acids is 1. The molecular weight excluding hydrogens is 358 g/mol. The molecule has 27 heavy (non-hydrogen) atoms. The lowest BCUT2D eigenvalue weighted by Crippen LogP contribution is -2.57. The van der Waals surface area contributed by atoms with Gasteiger partial charge in [-0.05, 0) is 68.1 Å². The number of rotatable bonds is 4. The van der Waals surface area contributed by atoms with Gasteiger partial charge in [0.1, 0.15) is 0 Å². The predicted molar refractivity (Wildman–Crippen MR) is 114 cm³/mol. The first-order chi connectivity index (χ1) is 12.3. The van der Waals surface area contributed by atoms with Crippen LogP contribution in [-0.2, 0) is 17.6 Å². The highest BCUT2D eigenvalue weighted by atomic mass is 35.5. The second kappa shape index (κ2) is 8.93. The van der Waals surface area contributed by atoms with E-state index >= 15 is 0 Å². The molecule has 1 aliphatic heterocycles. The van der Waals surface area contributed by atoms with E-state index in [-0.39, 0.29) is 41.9 Å². The fourth-order valence-corrected chi connectivity index (χ4v) is 4.35. The molecule has 1 fully saturated rings. The lowest BCUT2D eigenvalue weighted by molar-refractivity contribution is -0.127. The summed E-state index contributed by atoms with van der Waals surface area (Å²) in [5.74, 6) is 0.112. The summed E-state index contributed by atoms with van der Waals surface area (Å²) in [6.07, 6.45) is 5.89. The van der Waals surface area contributed by atoms with Crippen molar-refractivity contribution >= 4 is 18.3 Å². The van der Waals surface area contributed by atoms with Crippen molar-refractivity contribution in [3.63, 3.8) is 0 Å². The second-order valence-corrected chi connectivity index (χ2v) is 9.00. The van der Waals surface area contributed by atoms with Gasteiger partial charge in [0.25, 0.3) is 0 Å². The minimum Gasteiger partial charge on any atom is -0.348 e. The normalized spacial score (nSPS) is 24.3. The first-order valence-electron chi connectivity index (χ1n) is 10.2. The Morgan fingerprint density at radius 3 is 2.56 bits per heavy atom. The van der Waals surface area contributed by atoms with E-state index in [0.29, 0.717) is 0 Å². The van der Waals surface area contributed by atoms with Crippen molar-refractivity contribution < 1.29 is 4.79 Å². The molecule has 1 aromatic carbocycles. The zero-order valence-electron chi connectivity index (χ0n) is 17.3. The van der Waals surface area contributed by atoms with Crippen LogP contribution in [0, 0.1) is 5.41 Å². The average Bonchev–Trinajstić information content (AvgIpc) is 2.62. The van der Waals surface area contributed by atoms with Crippen LogP contribution in [0.4, 0.5) is 0 Å². The number of piperidine rings is 1. The fourth-order valence-electron chi connectivity index (χ4n) is 4.35. The first-order valence-corrected chi connectivity index (χ1v) is 10.2. The molecule has 4 nitrogen and oxygen atoms in total. The smallest absolute Gasteiger partial charge is 0.237 e. The van der Waals surface area contributed by atoms with Crippen LogP contribution in [-0.4, -0.2) is 36.0 Å². The number of halogens is 1. The molecule has 3 unspecified atom stereocenters. The molecule has 2 aliphatic rings. The van der Waals surface area contributed by atoms with Crippen molar-refractivity contribution in [1.29, 1.82) is 0 Å². The number of fused-ring (bicyclic) bond motifs is 1. The van der Waals surface area contributed by atoms with Gasteiger partial charge in [0.15, 0.2) is 0 Å². The Hall–Kier alpha value is -1.10. The summed E-state index contributed by atoms with van der Waals surface area (Å²) in [7, 11) is 0. The van der Waals surface area contributed by atoms with Gasteiger partial charge in [0.2, 0.25) is 5.91 Å². The van der Waals surface area contributed by atoms with E-state index in [2.05, 4.69) is 49.2 Å². The molecule has 3 N–H and O–H groups in total. The molecule has 1 heterocycles. The number of nitrogens with two attached hydrogens (primary N) is 1. The maximum Gasteiger partial charge on any atom is 0.237 e. The van der Waals surface area contributed by atoms with Gasteiger partial charge in [-0.25, -0.2) is 0 Å². The Morgan fingerprint density at radius 2 is 1.89 bits per heavy atom. The van der Waals surface area contributed by atoms with Crippen LogP contribution in [0.2, 0.25) is 0 Å². The monoisotopic (exact) mass is 393 g/mol. The largest absolute Gasteiger partial charge is 0.348 e. The van der Waals surface area contributed by atoms with E-state index in [1.807, 2.05) is 6.92 Å².